The first kappa shape index (κ1) is 23.5. The quantitative estimate of drug-likeness (QED) is 0.454. The lowest BCUT2D eigenvalue weighted by atomic mass is 10.0. The molecule has 1 saturated heterocycles. The number of hydrogen-bond acceptors (Lipinski definition) is 4. The second-order valence-corrected chi connectivity index (χ2v) is 9.63. The summed E-state index contributed by atoms with van der Waals surface area (Å²) < 4.78 is 11.0. The van der Waals surface area contributed by atoms with Gasteiger partial charge in [-0.15, -0.1) is 0 Å². The number of rotatable bonds is 6. The Balaban J connectivity index is 1.31. The molecule has 3 aromatic carbocycles. The van der Waals surface area contributed by atoms with Crippen LogP contribution in [0, 0.1) is 6.92 Å². The molecule has 7 heteroatoms. The van der Waals surface area contributed by atoms with Crippen molar-refractivity contribution in [3.05, 3.63) is 88.4 Å². The number of halogens is 1. The minimum Gasteiger partial charge on any atom is -0.454 e. The van der Waals surface area contributed by atoms with Crippen LogP contribution in [0.5, 0.6) is 11.5 Å². The van der Waals surface area contributed by atoms with Gasteiger partial charge >= 0.3 is 6.03 Å². The maximum absolute atomic E-state index is 13.5. The van der Waals surface area contributed by atoms with Gasteiger partial charge in [-0.25, -0.2) is 4.79 Å². The molecule has 0 unspecified atom stereocenters. The molecule has 35 heavy (non-hydrogen) atoms. The highest BCUT2D eigenvalue weighted by Gasteiger charge is 2.29. The standard InChI is InChI=1S/C28H30ClN3O3/c1-20-7-9-25(24(29)15-20)30-28(33)32(18-22-8-10-26-27(16-22)35-19-34-26)23-11-13-31(14-12-23)17-21-5-3-2-4-6-21/h2-10,15-16,23H,11-14,17-19H2,1H3,(H,30,33). The van der Waals surface area contributed by atoms with Crippen molar-refractivity contribution in [2.75, 3.05) is 25.2 Å². The largest absolute Gasteiger partial charge is 0.454 e. The zero-order chi connectivity index (χ0) is 24.2. The Hall–Kier alpha value is -3.22. The molecule has 182 valence electrons. The number of nitrogens with one attached hydrogen (secondary N) is 1. The molecule has 0 bridgehead atoms. The lowest BCUT2D eigenvalue weighted by Crippen LogP contribution is -2.48. The SMILES string of the molecule is Cc1ccc(NC(=O)N(Cc2ccc3c(c2)OCO3)C2CCN(Cc3ccccc3)CC2)c(Cl)c1. The molecule has 2 heterocycles. The first-order valence-corrected chi connectivity index (χ1v) is 12.4. The van der Waals surface area contributed by atoms with Gasteiger partial charge in [0.05, 0.1) is 10.7 Å². The Morgan fingerprint density at radius 2 is 1.77 bits per heavy atom. The lowest BCUT2D eigenvalue weighted by molar-refractivity contribution is 0.119. The number of anilines is 1. The molecule has 1 N–H and O–H groups in total. The number of urea groups is 1. The van der Waals surface area contributed by atoms with E-state index < -0.39 is 0 Å². The summed E-state index contributed by atoms with van der Waals surface area (Å²) in [7, 11) is 0. The predicted octanol–water partition coefficient (Wildman–Crippen LogP) is 6.08. The molecule has 0 radical (unpaired) electrons. The molecule has 1 fully saturated rings. The van der Waals surface area contributed by atoms with Gasteiger partial charge in [0.2, 0.25) is 6.79 Å². The van der Waals surface area contributed by atoms with Crippen molar-refractivity contribution in [1.82, 2.24) is 9.80 Å². The molecule has 0 saturated carbocycles. The fraction of sp³-hybridized carbons (Fsp3) is 0.321. The number of carbonyl (C=O) groups excluding carboxylic acids is 1. The third-order valence-electron chi connectivity index (χ3n) is 6.66. The van der Waals surface area contributed by atoms with E-state index >= 15 is 0 Å². The van der Waals surface area contributed by atoms with Crippen LogP contribution in [0.25, 0.3) is 0 Å². The highest BCUT2D eigenvalue weighted by atomic mass is 35.5. The minimum absolute atomic E-state index is 0.122. The van der Waals surface area contributed by atoms with E-state index in [1.807, 2.05) is 54.3 Å². The van der Waals surface area contributed by atoms with Crippen LogP contribution in [0.1, 0.15) is 29.5 Å². The minimum atomic E-state index is -0.144. The number of carbonyl (C=O) groups is 1. The van der Waals surface area contributed by atoms with Crippen molar-refractivity contribution in [3.63, 3.8) is 0 Å². The topological polar surface area (TPSA) is 54.0 Å². The smallest absolute Gasteiger partial charge is 0.322 e. The van der Waals surface area contributed by atoms with Crippen molar-refractivity contribution in [3.8, 4) is 11.5 Å². The van der Waals surface area contributed by atoms with Crippen LogP contribution in [-0.2, 0) is 13.1 Å². The number of aryl methyl sites for hydroxylation is 1. The van der Waals surface area contributed by atoms with Crippen LogP contribution >= 0.6 is 11.6 Å². The summed E-state index contributed by atoms with van der Waals surface area (Å²) in [5.41, 5.74) is 4.00. The van der Waals surface area contributed by atoms with Gasteiger partial charge in [-0.05, 0) is 60.7 Å². The zero-order valence-corrected chi connectivity index (χ0v) is 20.6. The summed E-state index contributed by atoms with van der Waals surface area (Å²) in [6.07, 6.45) is 1.82. The molecule has 0 aliphatic carbocycles. The number of hydrogen-bond donors (Lipinski definition) is 1. The number of benzene rings is 3. The average molecular weight is 492 g/mol. The molecule has 0 atom stereocenters. The van der Waals surface area contributed by atoms with Gasteiger partial charge < -0.3 is 19.7 Å². The van der Waals surface area contributed by atoms with Crippen LogP contribution in [-0.4, -0.2) is 41.8 Å². The third-order valence-corrected chi connectivity index (χ3v) is 6.98. The van der Waals surface area contributed by atoms with Crippen LogP contribution in [0.2, 0.25) is 5.02 Å². The van der Waals surface area contributed by atoms with E-state index in [-0.39, 0.29) is 18.9 Å². The van der Waals surface area contributed by atoms with Gasteiger partial charge in [-0.1, -0.05) is 54.1 Å². The summed E-state index contributed by atoms with van der Waals surface area (Å²) in [5.74, 6) is 1.47. The van der Waals surface area contributed by atoms with E-state index in [0.717, 1.165) is 55.1 Å². The van der Waals surface area contributed by atoms with Crippen LogP contribution in [0.4, 0.5) is 10.5 Å². The highest BCUT2D eigenvalue weighted by molar-refractivity contribution is 6.33. The van der Waals surface area contributed by atoms with E-state index in [4.69, 9.17) is 21.1 Å². The van der Waals surface area contributed by atoms with Gasteiger partial charge in [0, 0.05) is 32.2 Å². The normalized spacial score (nSPS) is 15.7. The molecule has 5 rings (SSSR count). The Kier molecular flexibility index (Phi) is 7.11. The van der Waals surface area contributed by atoms with E-state index in [1.165, 1.54) is 5.56 Å². The van der Waals surface area contributed by atoms with E-state index in [1.54, 1.807) is 0 Å². The number of likely N-dealkylation sites (tertiary alicyclic amines) is 1. The van der Waals surface area contributed by atoms with Crippen LogP contribution < -0.4 is 14.8 Å². The first-order valence-electron chi connectivity index (χ1n) is 12.0. The zero-order valence-electron chi connectivity index (χ0n) is 19.9. The number of nitrogens with zero attached hydrogens (tertiary/aromatic N) is 2. The molecule has 2 aliphatic rings. The van der Waals surface area contributed by atoms with Gasteiger partial charge in [0.1, 0.15) is 0 Å². The van der Waals surface area contributed by atoms with Gasteiger partial charge in [-0.2, -0.15) is 0 Å². The molecule has 2 aliphatic heterocycles. The molecule has 0 spiro atoms. The monoisotopic (exact) mass is 491 g/mol. The Labute approximate surface area is 211 Å². The second-order valence-electron chi connectivity index (χ2n) is 9.22. The maximum Gasteiger partial charge on any atom is 0.322 e. The maximum atomic E-state index is 13.5. The van der Waals surface area contributed by atoms with Crippen LogP contribution in [0.15, 0.2) is 66.7 Å². The lowest BCUT2D eigenvalue weighted by Gasteiger charge is -2.38. The number of fused-ring (bicyclic) bond motifs is 1. The first-order chi connectivity index (χ1) is 17.0. The number of amides is 2. The molecular weight excluding hydrogens is 462 g/mol. The molecular formula is C28H30ClN3O3. The molecule has 2 amide bonds. The van der Waals surface area contributed by atoms with Crippen molar-refractivity contribution >= 4 is 23.3 Å². The van der Waals surface area contributed by atoms with E-state index in [0.29, 0.717) is 17.3 Å². The van der Waals surface area contributed by atoms with Crippen LogP contribution in [0.3, 0.4) is 0 Å². The Morgan fingerprint density at radius 1 is 1.00 bits per heavy atom. The molecule has 6 nitrogen and oxygen atoms in total. The van der Waals surface area contributed by atoms with Gasteiger partial charge in [0.25, 0.3) is 0 Å². The fourth-order valence-corrected chi connectivity index (χ4v) is 5.02. The van der Waals surface area contributed by atoms with E-state index in [2.05, 4.69) is 34.5 Å². The van der Waals surface area contributed by atoms with Gasteiger partial charge in [-0.3, -0.25) is 4.90 Å². The molecule has 3 aromatic rings. The second kappa shape index (κ2) is 10.6. The predicted molar refractivity (Wildman–Crippen MR) is 138 cm³/mol. The van der Waals surface area contributed by atoms with Crippen molar-refractivity contribution in [2.45, 2.75) is 38.9 Å². The fourth-order valence-electron chi connectivity index (χ4n) is 4.74. The summed E-state index contributed by atoms with van der Waals surface area (Å²) in [4.78, 5) is 17.9. The Bertz CT molecular complexity index is 1180. The highest BCUT2D eigenvalue weighted by Crippen LogP contribution is 2.33. The summed E-state index contributed by atoms with van der Waals surface area (Å²) in [6.45, 7) is 5.50. The molecule has 0 aromatic heterocycles. The van der Waals surface area contributed by atoms with E-state index in [9.17, 15) is 4.79 Å². The summed E-state index contributed by atoms with van der Waals surface area (Å²) in [6, 6.07) is 22.0. The number of ether oxygens (including phenoxy) is 2. The Morgan fingerprint density at radius 3 is 2.54 bits per heavy atom. The van der Waals surface area contributed by atoms with Crippen molar-refractivity contribution in [1.29, 1.82) is 0 Å². The number of piperidine rings is 1. The summed E-state index contributed by atoms with van der Waals surface area (Å²) in [5, 5.41) is 3.58. The third kappa shape index (κ3) is 5.72. The van der Waals surface area contributed by atoms with Crippen molar-refractivity contribution < 1.29 is 14.3 Å². The summed E-state index contributed by atoms with van der Waals surface area (Å²) >= 11 is 6.41. The van der Waals surface area contributed by atoms with Gasteiger partial charge in [0.15, 0.2) is 11.5 Å². The average Bonchev–Trinajstić information content (AvgIpc) is 3.33. The van der Waals surface area contributed by atoms with Crippen molar-refractivity contribution in [2.24, 2.45) is 0 Å².